The van der Waals surface area contributed by atoms with Crippen molar-refractivity contribution in [2.75, 3.05) is 19.4 Å². The quantitative estimate of drug-likeness (QED) is 0.487. The van der Waals surface area contributed by atoms with Crippen molar-refractivity contribution in [3.05, 3.63) is 66.2 Å². The molecule has 1 aromatic carbocycles. The molecule has 0 saturated carbocycles. The number of fused-ring (bicyclic) bond motifs is 1. The summed E-state index contributed by atoms with van der Waals surface area (Å²) in [4.78, 5) is 34.5. The molecule has 0 saturated heterocycles. The molecule has 0 radical (unpaired) electrons. The van der Waals surface area contributed by atoms with Crippen molar-refractivity contribution in [2.45, 2.75) is 19.8 Å². The molecule has 2 amide bonds. The summed E-state index contributed by atoms with van der Waals surface area (Å²) in [6.07, 6.45) is 3.41. The number of amides is 2. The van der Waals surface area contributed by atoms with Gasteiger partial charge >= 0.3 is 0 Å². The molecular weight excluding hydrogens is 423 g/mol. The van der Waals surface area contributed by atoms with E-state index in [0.29, 0.717) is 28.4 Å². The molecule has 33 heavy (non-hydrogen) atoms. The SMILES string of the molecule is Cc1cc(-c2nc3cccnn3c2-c2ccnc(NC(=O)CCC(=O)N(C)C)c2)ccc1F. The summed E-state index contributed by atoms with van der Waals surface area (Å²) in [5.74, 6) is -0.367. The van der Waals surface area contributed by atoms with Gasteiger partial charge in [-0.2, -0.15) is 5.10 Å². The lowest BCUT2D eigenvalue weighted by Gasteiger charge is -2.10. The van der Waals surface area contributed by atoms with E-state index < -0.39 is 0 Å². The van der Waals surface area contributed by atoms with E-state index in [2.05, 4.69) is 15.4 Å². The predicted octanol–water partition coefficient (Wildman–Crippen LogP) is 3.71. The zero-order chi connectivity index (χ0) is 23.5. The Hall–Kier alpha value is -4.14. The summed E-state index contributed by atoms with van der Waals surface area (Å²) in [6.45, 7) is 1.70. The molecule has 0 aliphatic carbocycles. The second kappa shape index (κ2) is 9.15. The average molecular weight is 446 g/mol. The maximum absolute atomic E-state index is 13.9. The largest absolute Gasteiger partial charge is 0.349 e. The Kier molecular flexibility index (Phi) is 6.12. The lowest BCUT2D eigenvalue weighted by Crippen LogP contribution is -2.23. The van der Waals surface area contributed by atoms with Gasteiger partial charge in [-0.15, -0.1) is 0 Å². The second-order valence-electron chi connectivity index (χ2n) is 7.83. The highest BCUT2D eigenvalue weighted by Gasteiger charge is 2.18. The number of hydrogen-bond acceptors (Lipinski definition) is 5. The first-order valence-electron chi connectivity index (χ1n) is 10.4. The average Bonchev–Trinajstić information content (AvgIpc) is 3.19. The molecule has 4 aromatic rings. The van der Waals surface area contributed by atoms with Crippen LogP contribution in [0.4, 0.5) is 10.2 Å². The van der Waals surface area contributed by atoms with Crippen molar-refractivity contribution in [3.63, 3.8) is 0 Å². The summed E-state index contributed by atoms with van der Waals surface area (Å²) in [5, 5.41) is 7.17. The number of rotatable bonds is 6. The summed E-state index contributed by atoms with van der Waals surface area (Å²) in [6, 6.07) is 12.0. The van der Waals surface area contributed by atoms with Gasteiger partial charge in [-0.05, 0) is 55.0 Å². The van der Waals surface area contributed by atoms with Crippen LogP contribution in [0.1, 0.15) is 18.4 Å². The molecule has 9 heteroatoms. The Morgan fingerprint density at radius 2 is 1.88 bits per heavy atom. The normalized spacial score (nSPS) is 10.9. The number of nitrogens with one attached hydrogen (secondary N) is 1. The summed E-state index contributed by atoms with van der Waals surface area (Å²) >= 11 is 0. The summed E-state index contributed by atoms with van der Waals surface area (Å²) in [5.41, 5.74) is 3.95. The molecule has 4 rings (SSSR count). The van der Waals surface area contributed by atoms with Crippen LogP contribution in [0.15, 0.2) is 54.9 Å². The maximum atomic E-state index is 13.9. The molecule has 3 heterocycles. The standard InChI is InChI=1S/C24H23FN6O2/c1-15-13-16(6-7-18(15)25)23-24(31-20(29-23)5-4-11-27-31)17-10-12-26-19(14-17)28-21(32)8-9-22(33)30(2)3/h4-7,10-14H,8-9H2,1-3H3,(H,26,28,32). The number of carbonyl (C=O) groups excluding carboxylic acids is 2. The first-order valence-corrected chi connectivity index (χ1v) is 10.4. The van der Waals surface area contributed by atoms with Crippen molar-refractivity contribution in [2.24, 2.45) is 0 Å². The number of halogens is 1. The van der Waals surface area contributed by atoms with Gasteiger partial charge in [0.15, 0.2) is 5.65 Å². The number of carbonyl (C=O) groups is 2. The molecule has 0 bridgehead atoms. The van der Waals surface area contributed by atoms with Gasteiger partial charge in [0.25, 0.3) is 0 Å². The zero-order valence-electron chi connectivity index (χ0n) is 18.5. The molecule has 168 valence electrons. The van der Waals surface area contributed by atoms with E-state index in [1.807, 2.05) is 6.07 Å². The number of benzene rings is 1. The fraction of sp³-hybridized carbons (Fsp3) is 0.208. The molecule has 0 fully saturated rings. The Bertz CT molecular complexity index is 1350. The fourth-order valence-electron chi connectivity index (χ4n) is 3.44. The highest BCUT2D eigenvalue weighted by atomic mass is 19.1. The van der Waals surface area contributed by atoms with Crippen LogP contribution in [0.3, 0.4) is 0 Å². The lowest BCUT2D eigenvalue weighted by atomic mass is 10.0. The number of pyridine rings is 1. The van der Waals surface area contributed by atoms with Crippen LogP contribution < -0.4 is 5.32 Å². The molecule has 0 spiro atoms. The van der Waals surface area contributed by atoms with E-state index in [1.54, 1.807) is 68.3 Å². The summed E-state index contributed by atoms with van der Waals surface area (Å²) < 4.78 is 15.6. The first-order chi connectivity index (χ1) is 15.8. The number of nitrogens with zero attached hydrogens (tertiary/aromatic N) is 5. The first kappa shape index (κ1) is 22.1. The van der Waals surface area contributed by atoms with Gasteiger partial charge in [0.1, 0.15) is 17.3 Å². The van der Waals surface area contributed by atoms with Crippen molar-refractivity contribution in [3.8, 4) is 22.5 Å². The minimum absolute atomic E-state index is 0.0557. The highest BCUT2D eigenvalue weighted by molar-refractivity contribution is 5.93. The topological polar surface area (TPSA) is 92.5 Å². The lowest BCUT2D eigenvalue weighted by molar-refractivity contribution is -0.130. The van der Waals surface area contributed by atoms with Gasteiger partial charge in [0.2, 0.25) is 11.8 Å². The Morgan fingerprint density at radius 1 is 1.06 bits per heavy atom. The van der Waals surface area contributed by atoms with Gasteiger partial charge < -0.3 is 10.2 Å². The number of aryl methyl sites for hydroxylation is 1. The van der Waals surface area contributed by atoms with Crippen LogP contribution >= 0.6 is 0 Å². The molecule has 3 aromatic heterocycles. The van der Waals surface area contributed by atoms with Crippen molar-refractivity contribution >= 4 is 23.3 Å². The third-order valence-corrected chi connectivity index (χ3v) is 5.19. The van der Waals surface area contributed by atoms with E-state index in [0.717, 1.165) is 11.1 Å². The van der Waals surface area contributed by atoms with Crippen LogP contribution in [0, 0.1) is 12.7 Å². The molecule has 0 unspecified atom stereocenters. The molecule has 8 nitrogen and oxygen atoms in total. The monoisotopic (exact) mass is 446 g/mol. The molecule has 1 N–H and O–H groups in total. The molecule has 0 aliphatic rings. The van der Waals surface area contributed by atoms with E-state index in [9.17, 15) is 14.0 Å². The van der Waals surface area contributed by atoms with Gasteiger partial charge in [0.05, 0.1) is 5.69 Å². The zero-order valence-corrected chi connectivity index (χ0v) is 18.5. The van der Waals surface area contributed by atoms with Crippen molar-refractivity contribution < 1.29 is 14.0 Å². The summed E-state index contributed by atoms with van der Waals surface area (Å²) in [7, 11) is 3.30. The fourth-order valence-corrected chi connectivity index (χ4v) is 3.44. The van der Waals surface area contributed by atoms with Crippen LogP contribution in [-0.4, -0.2) is 50.4 Å². The van der Waals surface area contributed by atoms with Gasteiger partial charge in [-0.3, -0.25) is 9.59 Å². The third kappa shape index (κ3) is 4.72. The van der Waals surface area contributed by atoms with Gasteiger partial charge in [-0.25, -0.2) is 18.9 Å². The van der Waals surface area contributed by atoms with E-state index in [4.69, 9.17) is 4.98 Å². The molecule has 0 atom stereocenters. The van der Waals surface area contributed by atoms with Crippen molar-refractivity contribution in [1.82, 2.24) is 24.5 Å². The smallest absolute Gasteiger partial charge is 0.226 e. The van der Waals surface area contributed by atoms with E-state index in [1.165, 1.54) is 11.0 Å². The predicted molar refractivity (Wildman–Crippen MR) is 123 cm³/mol. The van der Waals surface area contributed by atoms with Crippen LogP contribution in [0.2, 0.25) is 0 Å². The second-order valence-corrected chi connectivity index (χ2v) is 7.83. The third-order valence-electron chi connectivity index (χ3n) is 5.19. The van der Waals surface area contributed by atoms with Crippen LogP contribution in [0.5, 0.6) is 0 Å². The minimum atomic E-state index is -0.305. The van der Waals surface area contributed by atoms with Gasteiger partial charge in [0, 0.05) is 50.5 Å². The van der Waals surface area contributed by atoms with Crippen LogP contribution in [-0.2, 0) is 9.59 Å². The molecular formula is C24H23FN6O2. The number of aromatic nitrogens is 4. The number of hydrogen-bond donors (Lipinski definition) is 1. The minimum Gasteiger partial charge on any atom is -0.349 e. The Morgan fingerprint density at radius 3 is 2.64 bits per heavy atom. The van der Waals surface area contributed by atoms with Gasteiger partial charge in [-0.1, -0.05) is 0 Å². The number of anilines is 1. The van der Waals surface area contributed by atoms with Crippen LogP contribution in [0.25, 0.3) is 28.2 Å². The van der Waals surface area contributed by atoms with E-state index in [-0.39, 0.29) is 30.5 Å². The number of imidazole rings is 1. The van der Waals surface area contributed by atoms with E-state index >= 15 is 0 Å². The maximum Gasteiger partial charge on any atom is 0.226 e. The van der Waals surface area contributed by atoms with Crippen molar-refractivity contribution in [1.29, 1.82) is 0 Å². The Balaban J connectivity index is 1.70. The highest BCUT2D eigenvalue weighted by Crippen LogP contribution is 2.33. The Labute approximate surface area is 190 Å². The molecule has 0 aliphatic heterocycles.